The highest BCUT2D eigenvalue weighted by Crippen LogP contribution is 2.30. The van der Waals surface area contributed by atoms with Crippen molar-refractivity contribution in [1.29, 1.82) is 0 Å². The fourth-order valence-electron chi connectivity index (χ4n) is 2.94. The van der Waals surface area contributed by atoms with Gasteiger partial charge in [0.25, 0.3) is 5.69 Å². The third-order valence-corrected chi connectivity index (χ3v) is 5.42. The van der Waals surface area contributed by atoms with Crippen LogP contribution in [0.5, 0.6) is 0 Å². The van der Waals surface area contributed by atoms with Gasteiger partial charge in [-0.2, -0.15) is 0 Å². The summed E-state index contributed by atoms with van der Waals surface area (Å²) in [6.45, 7) is 5.13. The monoisotopic (exact) mass is 406 g/mol. The minimum atomic E-state index is -0.441. The number of aromatic nitrogens is 3. The number of non-ortho nitro benzene ring substituents is 1. The number of nitro groups is 1. The van der Waals surface area contributed by atoms with Crippen molar-refractivity contribution < 1.29 is 19.2 Å². The second-order valence-corrected chi connectivity index (χ2v) is 7.68. The molecule has 0 radical (unpaired) electrons. The second kappa shape index (κ2) is 9.16. The van der Waals surface area contributed by atoms with Gasteiger partial charge in [0.15, 0.2) is 11.0 Å². The molecule has 9 nitrogen and oxygen atoms in total. The van der Waals surface area contributed by atoms with Gasteiger partial charge in [-0.05, 0) is 38.8 Å². The van der Waals surface area contributed by atoms with E-state index in [2.05, 4.69) is 10.2 Å². The number of rotatable bonds is 8. The molecule has 1 aliphatic rings. The van der Waals surface area contributed by atoms with Crippen LogP contribution in [0.1, 0.15) is 26.7 Å². The van der Waals surface area contributed by atoms with Gasteiger partial charge in [0.2, 0.25) is 0 Å². The molecule has 2 atom stereocenters. The maximum absolute atomic E-state index is 12.0. The quantitative estimate of drug-likeness (QED) is 0.285. The molecule has 10 heteroatoms. The third kappa shape index (κ3) is 4.68. The molecule has 1 fully saturated rings. The number of nitro benzene ring substituents is 1. The fraction of sp³-hybridized carbons (Fsp3) is 0.500. The van der Waals surface area contributed by atoms with E-state index in [9.17, 15) is 14.9 Å². The van der Waals surface area contributed by atoms with Gasteiger partial charge < -0.3 is 9.47 Å². The molecule has 0 bridgehead atoms. The van der Waals surface area contributed by atoms with Crippen LogP contribution in [-0.4, -0.2) is 50.2 Å². The summed E-state index contributed by atoms with van der Waals surface area (Å²) in [5.41, 5.74) is 0.728. The molecular weight excluding hydrogens is 384 g/mol. The van der Waals surface area contributed by atoms with Gasteiger partial charge in [-0.3, -0.25) is 19.5 Å². The lowest BCUT2D eigenvalue weighted by molar-refractivity contribution is -0.384. The Balaban J connectivity index is 1.89. The van der Waals surface area contributed by atoms with Crippen molar-refractivity contribution in [2.75, 3.05) is 13.2 Å². The molecule has 3 rings (SSSR count). The number of carbonyl (C=O) groups excluding carboxylic acids is 1. The molecule has 1 saturated heterocycles. The zero-order valence-corrected chi connectivity index (χ0v) is 16.6. The molecule has 2 heterocycles. The van der Waals surface area contributed by atoms with Gasteiger partial charge in [-0.15, -0.1) is 10.2 Å². The first-order valence-corrected chi connectivity index (χ1v) is 10.0. The van der Waals surface area contributed by atoms with Crippen LogP contribution in [0.25, 0.3) is 11.4 Å². The van der Waals surface area contributed by atoms with E-state index in [0.717, 1.165) is 19.4 Å². The Kier molecular flexibility index (Phi) is 6.63. The highest BCUT2D eigenvalue weighted by molar-refractivity contribution is 8.00. The molecule has 0 saturated carbocycles. The van der Waals surface area contributed by atoms with Crippen LogP contribution >= 0.6 is 11.8 Å². The van der Waals surface area contributed by atoms with E-state index in [1.54, 1.807) is 26.0 Å². The minimum absolute atomic E-state index is 0.0134. The van der Waals surface area contributed by atoms with Crippen molar-refractivity contribution in [1.82, 2.24) is 14.8 Å². The molecule has 1 aromatic carbocycles. The van der Waals surface area contributed by atoms with Crippen LogP contribution in [0.15, 0.2) is 29.4 Å². The highest BCUT2D eigenvalue weighted by atomic mass is 32.2. The fourth-order valence-corrected chi connectivity index (χ4v) is 3.80. The van der Waals surface area contributed by atoms with Crippen molar-refractivity contribution in [3.8, 4) is 11.4 Å². The minimum Gasteiger partial charge on any atom is -0.465 e. The number of hydrogen-bond acceptors (Lipinski definition) is 8. The number of nitrogens with zero attached hydrogens (tertiary/aromatic N) is 4. The Bertz CT molecular complexity index is 833. The standard InChI is InChI=1S/C18H22N4O5S/c1-3-26-17(23)12(2)28-18-20-19-16(21(18)11-15-5-4-10-27-15)13-6-8-14(9-7-13)22(24)25/h6-9,12,15H,3-5,10-11H2,1-2H3/t12-,15+/m0/s1. The Hall–Kier alpha value is -2.46. The number of esters is 1. The van der Waals surface area contributed by atoms with Crippen molar-refractivity contribution in [2.24, 2.45) is 0 Å². The van der Waals surface area contributed by atoms with Crippen molar-refractivity contribution in [3.05, 3.63) is 34.4 Å². The Morgan fingerprint density at radius 2 is 2.18 bits per heavy atom. The number of ether oxygens (including phenoxy) is 2. The lowest BCUT2D eigenvalue weighted by atomic mass is 10.2. The van der Waals surface area contributed by atoms with E-state index in [-0.39, 0.29) is 17.8 Å². The molecule has 1 aromatic heterocycles. The van der Waals surface area contributed by atoms with Gasteiger partial charge >= 0.3 is 5.97 Å². The molecule has 0 N–H and O–H groups in total. The summed E-state index contributed by atoms with van der Waals surface area (Å²) in [7, 11) is 0. The van der Waals surface area contributed by atoms with Crippen molar-refractivity contribution in [3.63, 3.8) is 0 Å². The average Bonchev–Trinajstić information content (AvgIpc) is 3.33. The maximum atomic E-state index is 12.0. The molecule has 1 aliphatic heterocycles. The van der Waals surface area contributed by atoms with Gasteiger partial charge in [-0.25, -0.2) is 0 Å². The lowest BCUT2D eigenvalue weighted by Crippen LogP contribution is -2.20. The zero-order chi connectivity index (χ0) is 20.1. The first-order chi connectivity index (χ1) is 13.5. The summed E-state index contributed by atoms with van der Waals surface area (Å²) in [5.74, 6) is 0.278. The van der Waals surface area contributed by atoms with E-state index in [1.165, 1.54) is 23.9 Å². The number of thioether (sulfide) groups is 1. The first-order valence-electron chi connectivity index (χ1n) is 9.12. The molecule has 0 amide bonds. The van der Waals surface area contributed by atoms with E-state index >= 15 is 0 Å². The van der Waals surface area contributed by atoms with Gasteiger partial charge in [0.05, 0.1) is 24.2 Å². The number of hydrogen-bond donors (Lipinski definition) is 0. The topological polar surface area (TPSA) is 109 Å². The summed E-state index contributed by atoms with van der Waals surface area (Å²) in [5, 5.41) is 19.6. The molecular formula is C18H22N4O5S. The second-order valence-electron chi connectivity index (χ2n) is 6.37. The first kappa shape index (κ1) is 20.3. The van der Waals surface area contributed by atoms with Gasteiger partial charge in [0, 0.05) is 24.3 Å². The summed E-state index contributed by atoms with van der Waals surface area (Å²) in [6, 6.07) is 6.18. The summed E-state index contributed by atoms with van der Waals surface area (Å²) in [6.07, 6.45) is 1.99. The lowest BCUT2D eigenvalue weighted by Gasteiger charge is -2.16. The average molecular weight is 406 g/mol. The number of benzene rings is 1. The predicted molar refractivity (Wildman–Crippen MR) is 103 cm³/mol. The highest BCUT2D eigenvalue weighted by Gasteiger charge is 2.25. The van der Waals surface area contributed by atoms with E-state index in [4.69, 9.17) is 9.47 Å². The van der Waals surface area contributed by atoms with E-state index < -0.39 is 10.2 Å². The third-order valence-electron chi connectivity index (χ3n) is 4.36. The van der Waals surface area contributed by atoms with Crippen LogP contribution in [0.4, 0.5) is 5.69 Å². The maximum Gasteiger partial charge on any atom is 0.319 e. The molecule has 150 valence electrons. The van der Waals surface area contributed by atoms with Crippen LogP contribution in [0.3, 0.4) is 0 Å². The Morgan fingerprint density at radius 3 is 2.79 bits per heavy atom. The van der Waals surface area contributed by atoms with Crippen LogP contribution in [-0.2, 0) is 20.8 Å². The molecule has 0 spiro atoms. The number of carbonyl (C=O) groups is 1. The largest absolute Gasteiger partial charge is 0.465 e. The molecule has 2 aromatic rings. The summed E-state index contributed by atoms with van der Waals surface area (Å²) >= 11 is 1.28. The molecule has 28 heavy (non-hydrogen) atoms. The Labute approximate surface area is 166 Å². The van der Waals surface area contributed by atoms with Crippen molar-refractivity contribution in [2.45, 2.75) is 49.7 Å². The normalized spacial score (nSPS) is 17.4. The summed E-state index contributed by atoms with van der Waals surface area (Å²) in [4.78, 5) is 22.4. The van der Waals surface area contributed by atoms with E-state index in [0.29, 0.717) is 29.7 Å². The predicted octanol–water partition coefficient (Wildman–Crippen LogP) is 3.08. The Morgan fingerprint density at radius 1 is 1.43 bits per heavy atom. The molecule has 0 aliphatic carbocycles. The summed E-state index contributed by atoms with van der Waals surface area (Å²) < 4.78 is 12.7. The van der Waals surface area contributed by atoms with Crippen LogP contribution in [0, 0.1) is 10.1 Å². The van der Waals surface area contributed by atoms with Gasteiger partial charge in [0.1, 0.15) is 5.25 Å². The zero-order valence-electron chi connectivity index (χ0n) is 15.7. The SMILES string of the molecule is CCOC(=O)[C@H](C)Sc1nnc(-c2ccc([N+](=O)[O-])cc2)n1C[C@H]1CCCO1. The van der Waals surface area contributed by atoms with Gasteiger partial charge in [-0.1, -0.05) is 11.8 Å². The van der Waals surface area contributed by atoms with Crippen LogP contribution in [0.2, 0.25) is 0 Å². The van der Waals surface area contributed by atoms with Crippen LogP contribution < -0.4 is 0 Å². The van der Waals surface area contributed by atoms with Crippen molar-refractivity contribution >= 4 is 23.4 Å². The van der Waals surface area contributed by atoms with E-state index in [1.807, 2.05) is 4.57 Å². The molecule has 0 unspecified atom stereocenters. The smallest absolute Gasteiger partial charge is 0.319 e.